The quantitative estimate of drug-likeness (QED) is 0.792. The van der Waals surface area contributed by atoms with Gasteiger partial charge in [-0.2, -0.15) is 0 Å². The van der Waals surface area contributed by atoms with E-state index in [-0.39, 0.29) is 6.03 Å². The molecule has 1 saturated heterocycles. The van der Waals surface area contributed by atoms with Gasteiger partial charge >= 0.3 is 12.0 Å². The third kappa shape index (κ3) is 4.61. The number of carbonyl (C=O) groups excluding carboxylic acids is 1. The second-order valence-corrected chi connectivity index (χ2v) is 6.73. The van der Waals surface area contributed by atoms with E-state index in [2.05, 4.69) is 26.1 Å². The standard InChI is InChI=1S/C16H30N2O3/c1-5-6-16(14(19)20)7-9-18(10-8-16)15(21)17-11-13(4)12(2)3/h12-13H,5-11H2,1-4H3,(H,17,21)(H,19,20). The largest absolute Gasteiger partial charge is 0.481 e. The number of hydrogen-bond donors (Lipinski definition) is 2. The van der Waals surface area contributed by atoms with Crippen LogP contribution < -0.4 is 5.32 Å². The Labute approximate surface area is 128 Å². The number of carbonyl (C=O) groups is 2. The average molecular weight is 298 g/mol. The molecule has 1 aliphatic rings. The molecule has 0 aromatic heterocycles. The first-order chi connectivity index (χ1) is 9.82. The van der Waals surface area contributed by atoms with Crippen molar-refractivity contribution in [1.29, 1.82) is 0 Å². The lowest BCUT2D eigenvalue weighted by Gasteiger charge is -2.39. The summed E-state index contributed by atoms with van der Waals surface area (Å²) in [6.45, 7) is 10.2. The zero-order valence-electron chi connectivity index (χ0n) is 13.8. The minimum absolute atomic E-state index is 0.0574. The lowest BCUT2D eigenvalue weighted by Crippen LogP contribution is -2.50. The summed E-state index contributed by atoms with van der Waals surface area (Å²) < 4.78 is 0. The second kappa shape index (κ2) is 7.66. The molecule has 0 saturated carbocycles. The minimum Gasteiger partial charge on any atom is -0.481 e. The van der Waals surface area contributed by atoms with Crippen LogP contribution in [-0.4, -0.2) is 41.6 Å². The van der Waals surface area contributed by atoms with E-state index in [1.807, 2.05) is 6.92 Å². The molecule has 1 unspecified atom stereocenters. The summed E-state index contributed by atoms with van der Waals surface area (Å²) in [6, 6.07) is -0.0574. The summed E-state index contributed by atoms with van der Waals surface area (Å²) in [7, 11) is 0. The maximum atomic E-state index is 12.1. The van der Waals surface area contributed by atoms with Gasteiger partial charge in [-0.3, -0.25) is 4.79 Å². The van der Waals surface area contributed by atoms with Gasteiger partial charge in [0.25, 0.3) is 0 Å². The number of rotatable bonds is 6. The van der Waals surface area contributed by atoms with Crippen molar-refractivity contribution < 1.29 is 14.7 Å². The van der Waals surface area contributed by atoms with Gasteiger partial charge in [-0.15, -0.1) is 0 Å². The normalized spacial score (nSPS) is 19.4. The molecule has 1 fully saturated rings. The van der Waals surface area contributed by atoms with Crippen LogP contribution in [-0.2, 0) is 4.79 Å². The number of aliphatic carboxylic acids is 1. The van der Waals surface area contributed by atoms with Gasteiger partial charge in [0.15, 0.2) is 0 Å². The molecule has 0 aromatic rings. The van der Waals surface area contributed by atoms with Crippen molar-refractivity contribution in [2.45, 2.75) is 53.4 Å². The highest BCUT2D eigenvalue weighted by atomic mass is 16.4. The van der Waals surface area contributed by atoms with E-state index in [1.165, 1.54) is 0 Å². The number of nitrogens with zero attached hydrogens (tertiary/aromatic N) is 1. The summed E-state index contributed by atoms with van der Waals surface area (Å²) in [5.74, 6) is 0.269. The molecule has 2 amide bonds. The van der Waals surface area contributed by atoms with Crippen LogP contribution in [0.2, 0.25) is 0 Å². The van der Waals surface area contributed by atoms with Gasteiger partial charge in [-0.05, 0) is 31.1 Å². The van der Waals surface area contributed by atoms with E-state index in [9.17, 15) is 14.7 Å². The van der Waals surface area contributed by atoms with Crippen molar-refractivity contribution in [1.82, 2.24) is 10.2 Å². The predicted octanol–water partition coefficient (Wildman–Crippen LogP) is 2.96. The smallest absolute Gasteiger partial charge is 0.317 e. The SMILES string of the molecule is CCCC1(C(=O)O)CCN(C(=O)NCC(C)C(C)C)CC1. The van der Waals surface area contributed by atoms with Gasteiger partial charge in [-0.25, -0.2) is 4.79 Å². The Morgan fingerprint density at radius 2 is 1.81 bits per heavy atom. The molecular weight excluding hydrogens is 268 g/mol. The number of amides is 2. The highest BCUT2D eigenvalue weighted by Gasteiger charge is 2.41. The fourth-order valence-electron chi connectivity index (χ4n) is 2.78. The highest BCUT2D eigenvalue weighted by molar-refractivity contribution is 5.77. The lowest BCUT2D eigenvalue weighted by molar-refractivity contribution is -0.152. The number of urea groups is 1. The molecular formula is C16H30N2O3. The molecule has 1 atom stereocenters. The third-order valence-corrected chi connectivity index (χ3v) is 4.90. The molecule has 5 nitrogen and oxygen atoms in total. The molecule has 122 valence electrons. The van der Waals surface area contributed by atoms with Gasteiger partial charge in [0.2, 0.25) is 0 Å². The van der Waals surface area contributed by atoms with E-state index >= 15 is 0 Å². The highest BCUT2D eigenvalue weighted by Crippen LogP contribution is 2.36. The number of piperidine rings is 1. The number of likely N-dealkylation sites (tertiary alicyclic amines) is 1. The number of carboxylic acid groups (broad SMARTS) is 1. The predicted molar refractivity (Wildman–Crippen MR) is 83.2 cm³/mol. The Kier molecular flexibility index (Phi) is 6.49. The van der Waals surface area contributed by atoms with E-state index in [1.54, 1.807) is 4.90 Å². The first kappa shape index (κ1) is 17.8. The average Bonchev–Trinajstić information content (AvgIpc) is 2.45. The summed E-state index contributed by atoms with van der Waals surface area (Å²) in [5, 5.41) is 12.4. The van der Waals surface area contributed by atoms with E-state index < -0.39 is 11.4 Å². The van der Waals surface area contributed by atoms with Crippen LogP contribution in [0.15, 0.2) is 0 Å². The number of nitrogens with one attached hydrogen (secondary N) is 1. The van der Waals surface area contributed by atoms with Crippen molar-refractivity contribution in [2.24, 2.45) is 17.3 Å². The molecule has 1 heterocycles. The molecule has 0 bridgehead atoms. The summed E-state index contributed by atoms with van der Waals surface area (Å²) in [6.07, 6.45) is 2.68. The van der Waals surface area contributed by atoms with Crippen molar-refractivity contribution >= 4 is 12.0 Å². The monoisotopic (exact) mass is 298 g/mol. The zero-order chi connectivity index (χ0) is 16.0. The number of carboxylic acids is 1. The molecule has 0 aliphatic carbocycles. The molecule has 5 heteroatoms. The van der Waals surface area contributed by atoms with Gasteiger partial charge in [0, 0.05) is 19.6 Å². The minimum atomic E-state index is -0.710. The second-order valence-electron chi connectivity index (χ2n) is 6.73. The van der Waals surface area contributed by atoms with Crippen LogP contribution in [0.5, 0.6) is 0 Å². The van der Waals surface area contributed by atoms with Crippen LogP contribution in [0.25, 0.3) is 0 Å². The van der Waals surface area contributed by atoms with Crippen LogP contribution in [0.1, 0.15) is 53.4 Å². The Balaban J connectivity index is 2.48. The first-order valence-corrected chi connectivity index (χ1v) is 8.08. The topological polar surface area (TPSA) is 69.6 Å². The van der Waals surface area contributed by atoms with E-state index in [0.717, 1.165) is 6.42 Å². The maximum Gasteiger partial charge on any atom is 0.317 e. The molecule has 0 aromatic carbocycles. The van der Waals surface area contributed by atoms with Crippen molar-refractivity contribution in [2.75, 3.05) is 19.6 Å². The molecule has 1 aliphatic heterocycles. The maximum absolute atomic E-state index is 12.1. The lowest BCUT2D eigenvalue weighted by atomic mass is 9.75. The van der Waals surface area contributed by atoms with Crippen molar-refractivity contribution in [3.8, 4) is 0 Å². The molecule has 1 rings (SSSR count). The number of hydrogen-bond acceptors (Lipinski definition) is 2. The molecule has 0 spiro atoms. The van der Waals surface area contributed by atoms with Crippen molar-refractivity contribution in [3.63, 3.8) is 0 Å². The van der Waals surface area contributed by atoms with Gasteiger partial charge < -0.3 is 15.3 Å². The summed E-state index contributed by atoms with van der Waals surface area (Å²) in [5.41, 5.74) is -0.628. The van der Waals surface area contributed by atoms with Crippen LogP contribution in [0.3, 0.4) is 0 Å². The van der Waals surface area contributed by atoms with Crippen LogP contribution in [0, 0.1) is 17.3 Å². The van der Waals surface area contributed by atoms with Crippen LogP contribution >= 0.6 is 0 Å². The van der Waals surface area contributed by atoms with Gasteiger partial charge in [-0.1, -0.05) is 34.1 Å². The Bertz CT molecular complexity index is 361. The van der Waals surface area contributed by atoms with Gasteiger partial charge in [0.05, 0.1) is 5.41 Å². The van der Waals surface area contributed by atoms with Crippen molar-refractivity contribution in [3.05, 3.63) is 0 Å². The Morgan fingerprint density at radius 1 is 1.24 bits per heavy atom. The fraction of sp³-hybridized carbons (Fsp3) is 0.875. The van der Waals surface area contributed by atoms with Gasteiger partial charge in [0.1, 0.15) is 0 Å². The third-order valence-electron chi connectivity index (χ3n) is 4.90. The molecule has 0 radical (unpaired) electrons. The summed E-state index contributed by atoms with van der Waals surface area (Å²) >= 11 is 0. The fourth-order valence-corrected chi connectivity index (χ4v) is 2.78. The van der Waals surface area contributed by atoms with Crippen LogP contribution in [0.4, 0.5) is 4.79 Å². The molecule has 2 N–H and O–H groups in total. The van der Waals surface area contributed by atoms with E-state index in [0.29, 0.717) is 50.7 Å². The Morgan fingerprint density at radius 3 is 2.24 bits per heavy atom. The Hall–Kier alpha value is -1.26. The summed E-state index contributed by atoms with van der Waals surface area (Å²) in [4.78, 5) is 25.4. The first-order valence-electron chi connectivity index (χ1n) is 8.08. The zero-order valence-corrected chi connectivity index (χ0v) is 13.8. The molecule has 21 heavy (non-hydrogen) atoms. The van der Waals surface area contributed by atoms with E-state index in [4.69, 9.17) is 0 Å².